The highest BCUT2D eigenvalue weighted by Crippen LogP contribution is 2.32. The molecule has 1 N–H and O–H groups in total. The molecule has 0 aliphatic carbocycles. The van der Waals surface area contributed by atoms with Gasteiger partial charge in [-0.3, -0.25) is 4.40 Å². The van der Waals surface area contributed by atoms with Gasteiger partial charge in [0.25, 0.3) is 0 Å². The van der Waals surface area contributed by atoms with Crippen molar-refractivity contribution in [3.05, 3.63) is 84.6 Å². The van der Waals surface area contributed by atoms with Gasteiger partial charge in [0.2, 0.25) is 5.95 Å². The minimum atomic E-state index is -3.24. The zero-order chi connectivity index (χ0) is 23.0. The zero-order valence-corrected chi connectivity index (χ0v) is 18.3. The Hall–Kier alpha value is -4.05. The van der Waals surface area contributed by atoms with E-state index in [0.717, 1.165) is 11.1 Å². The summed E-state index contributed by atoms with van der Waals surface area (Å²) >= 11 is 0. The molecule has 5 rings (SSSR count). The van der Waals surface area contributed by atoms with Crippen LogP contribution < -0.4 is 5.32 Å². The van der Waals surface area contributed by atoms with Crippen LogP contribution in [0.5, 0.6) is 0 Å². The van der Waals surface area contributed by atoms with E-state index in [1.165, 1.54) is 24.7 Å². The number of nitrogens with one attached hydrogen (secondary N) is 1. The standard InChI is InChI=1S/C23H18FN5O3S/c1-33(30,31)18-8-2-15(3-9-18)14-26-22-25-11-10-19(27-22)21-20(16-4-6-17(24)7-5-16)28-23-29(21)12-13-32-23/h2-13H,14H2,1H3,(H,25,26,27). The van der Waals surface area contributed by atoms with Crippen molar-refractivity contribution in [2.45, 2.75) is 11.4 Å². The van der Waals surface area contributed by atoms with E-state index in [-0.39, 0.29) is 10.7 Å². The van der Waals surface area contributed by atoms with Gasteiger partial charge in [0, 0.05) is 30.8 Å². The van der Waals surface area contributed by atoms with E-state index in [2.05, 4.69) is 20.3 Å². The molecule has 0 radical (unpaired) electrons. The van der Waals surface area contributed by atoms with Gasteiger partial charge in [-0.05, 0) is 48.0 Å². The Morgan fingerprint density at radius 2 is 1.79 bits per heavy atom. The lowest BCUT2D eigenvalue weighted by Crippen LogP contribution is -2.05. The van der Waals surface area contributed by atoms with E-state index in [1.54, 1.807) is 59.3 Å². The summed E-state index contributed by atoms with van der Waals surface area (Å²) in [6, 6.07) is 14.4. The molecule has 0 saturated carbocycles. The fraction of sp³-hybridized carbons (Fsp3) is 0.0870. The maximum absolute atomic E-state index is 13.4. The van der Waals surface area contributed by atoms with E-state index >= 15 is 0 Å². The van der Waals surface area contributed by atoms with Crippen LogP contribution >= 0.6 is 0 Å². The number of nitrogens with zero attached hydrogens (tertiary/aromatic N) is 4. The third-order valence-electron chi connectivity index (χ3n) is 5.08. The first-order valence-electron chi connectivity index (χ1n) is 9.96. The number of fused-ring (bicyclic) bond motifs is 1. The number of oxazole rings is 1. The summed E-state index contributed by atoms with van der Waals surface area (Å²) in [4.78, 5) is 13.7. The van der Waals surface area contributed by atoms with Crippen LogP contribution in [-0.2, 0) is 16.4 Å². The van der Waals surface area contributed by atoms with E-state index in [1.807, 2.05) is 0 Å². The Morgan fingerprint density at radius 3 is 2.52 bits per heavy atom. The fourth-order valence-electron chi connectivity index (χ4n) is 3.45. The predicted molar refractivity (Wildman–Crippen MR) is 121 cm³/mol. The molecule has 0 aliphatic heterocycles. The quantitative estimate of drug-likeness (QED) is 0.402. The molecule has 3 aromatic heterocycles. The van der Waals surface area contributed by atoms with Gasteiger partial charge < -0.3 is 9.73 Å². The number of rotatable bonds is 6. The van der Waals surface area contributed by atoms with Gasteiger partial charge in [-0.25, -0.2) is 22.8 Å². The first-order chi connectivity index (χ1) is 15.9. The smallest absolute Gasteiger partial charge is 0.306 e. The van der Waals surface area contributed by atoms with Crippen molar-refractivity contribution in [1.82, 2.24) is 19.4 Å². The lowest BCUT2D eigenvalue weighted by molar-refractivity contribution is 0.596. The van der Waals surface area contributed by atoms with Crippen LogP contribution in [0.2, 0.25) is 0 Å². The minimum Gasteiger partial charge on any atom is -0.432 e. The average Bonchev–Trinajstić information content (AvgIpc) is 3.39. The molecule has 5 aromatic rings. The third kappa shape index (κ3) is 4.20. The van der Waals surface area contributed by atoms with Gasteiger partial charge in [0.15, 0.2) is 9.84 Å². The van der Waals surface area contributed by atoms with Crippen molar-refractivity contribution in [3.8, 4) is 22.6 Å². The van der Waals surface area contributed by atoms with Crippen molar-refractivity contribution in [1.29, 1.82) is 0 Å². The monoisotopic (exact) mass is 463 g/mol. The van der Waals surface area contributed by atoms with Gasteiger partial charge in [0.05, 0.1) is 10.6 Å². The fourth-order valence-corrected chi connectivity index (χ4v) is 4.08. The number of sulfone groups is 1. The highest BCUT2D eigenvalue weighted by atomic mass is 32.2. The summed E-state index contributed by atoms with van der Waals surface area (Å²) in [6.07, 6.45) is 6.07. The Kier molecular flexibility index (Phi) is 5.14. The first-order valence-corrected chi connectivity index (χ1v) is 11.9. The summed E-state index contributed by atoms with van der Waals surface area (Å²) < 4.78 is 43.9. The van der Waals surface area contributed by atoms with E-state index in [9.17, 15) is 12.8 Å². The molecule has 0 aliphatic rings. The maximum Gasteiger partial charge on any atom is 0.306 e. The normalized spacial score (nSPS) is 11.7. The predicted octanol–water partition coefficient (Wildman–Crippen LogP) is 4.21. The molecular formula is C23H18FN5O3S. The minimum absolute atomic E-state index is 0.266. The van der Waals surface area contributed by atoms with Crippen LogP contribution in [0.3, 0.4) is 0 Å². The van der Waals surface area contributed by atoms with Gasteiger partial charge >= 0.3 is 5.84 Å². The Labute approximate surface area is 188 Å². The molecule has 0 amide bonds. The van der Waals surface area contributed by atoms with Crippen LogP contribution in [0.25, 0.3) is 28.5 Å². The largest absolute Gasteiger partial charge is 0.432 e. The van der Waals surface area contributed by atoms with Crippen molar-refractivity contribution in [2.75, 3.05) is 11.6 Å². The Morgan fingerprint density at radius 1 is 1.03 bits per heavy atom. The zero-order valence-electron chi connectivity index (χ0n) is 17.4. The SMILES string of the molecule is CS(=O)(=O)c1ccc(CNc2nccc(-c3c(-c4ccc(F)cc4)nc4occn34)n2)cc1. The van der Waals surface area contributed by atoms with Gasteiger partial charge in [-0.1, -0.05) is 12.1 Å². The Balaban J connectivity index is 1.45. The van der Waals surface area contributed by atoms with Crippen LogP contribution in [-0.4, -0.2) is 34.0 Å². The molecule has 33 heavy (non-hydrogen) atoms. The molecule has 0 fully saturated rings. The highest BCUT2D eigenvalue weighted by Gasteiger charge is 2.19. The number of benzene rings is 2. The van der Waals surface area contributed by atoms with Crippen LogP contribution in [0, 0.1) is 5.82 Å². The summed E-state index contributed by atoms with van der Waals surface area (Å²) in [5.74, 6) is 0.452. The van der Waals surface area contributed by atoms with Gasteiger partial charge in [-0.15, -0.1) is 0 Å². The second-order valence-corrected chi connectivity index (χ2v) is 9.42. The third-order valence-corrected chi connectivity index (χ3v) is 6.21. The topological polar surface area (TPSA) is 102 Å². The summed E-state index contributed by atoms with van der Waals surface area (Å²) in [6.45, 7) is 0.409. The molecule has 3 heterocycles. The number of anilines is 1. The molecule has 8 nitrogen and oxygen atoms in total. The lowest BCUT2D eigenvalue weighted by atomic mass is 10.1. The first kappa shape index (κ1) is 20.8. The molecule has 10 heteroatoms. The molecule has 166 valence electrons. The molecule has 0 bridgehead atoms. The molecule has 0 spiro atoms. The second kappa shape index (κ2) is 8.14. The van der Waals surface area contributed by atoms with Crippen molar-refractivity contribution in [3.63, 3.8) is 0 Å². The number of hydrogen-bond acceptors (Lipinski definition) is 7. The summed E-state index contributed by atoms with van der Waals surface area (Å²) in [5, 5.41) is 3.16. The van der Waals surface area contributed by atoms with Crippen molar-refractivity contribution >= 4 is 21.6 Å². The number of imidazole rings is 1. The van der Waals surface area contributed by atoms with Crippen molar-refractivity contribution < 1.29 is 17.2 Å². The molecular weight excluding hydrogens is 445 g/mol. The summed E-state index contributed by atoms with van der Waals surface area (Å²) in [5.41, 5.74) is 3.51. The number of halogens is 1. The van der Waals surface area contributed by atoms with Crippen LogP contribution in [0.1, 0.15) is 5.56 Å². The molecule has 0 saturated heterocycles. The highest BCUT2D eigenvalue weighted by molar-refractivity contribution is 7.90. The average molecular weight is 463 g/mol. The number of aromatic nitrogens is 4. The van der Waals surface area contributed by atoms with E-state index in [0.29, 0.717) is 35.4 Å². The molecule has 0 unspecified atom stereocenters. The van der Waals surface area contributed by atoms with E-state index < -0.39 is 9.84 Å². The van der Waals surface area contributed by atoms with Crippen molar-refractivity contribution in [2.24, 2.45) is 0 Å². The molecule has 0 atom stereocenters. The Bertz CT molecular complexity index is 1540. The van der Waals surface area contributed by atoms with Gasteiger partial charge in [0.1, 0.15) is 23.5 Å². The van der Waals surface area contributed by atoms with Crippen LogP contribution in [0.4, 0.5) is 10.3 Å². The second-order valence-electron chi connectivity index (χ2n) is 7.41. The maximum atomic E-state index is 13.4. The summed E-state index contributed by atoms with van der Waals surface area (Å²) in [7, 11) is -3.24. The number of hydrogen-bond donors (Lipinski definition) is 1. The lowest BCUT2D eigenvalue weighted by Gasteiger charge is -2.08. The molecule has 2 aromatic carbocycles. The van der Waals surface area contributed by atoms with Crippen LogP contribution in [0.15, 0.2) is 82.6 Å². The van der Waals surface area contributed by atoms with Gasteiger partial charge in [-0.2, -0.15) is 4.98 Å². The van der Waals surface area contributed by atoms with E-state index in [4.69, 9.17) is 4.42 Å².